The number of hydrogen-bond donors (Lipinski definition) is 0. The third-order valence-corrected chi connectivity index (χ3v) is 3.51. The molecule has 2 heterocycles. The van der Waals surface area contributed by atoms with E-state index in [4.69, 9.17) is 5.26 Å². The van der Waals surface area contributed by atoms with Crippen LogP contribution in [0.25, 0.3) is 0 Å². The fraction of sp³-hybridized carbons (Fsp3) is 0.250. The lowest BCUT2D eigenvalue weighted by molar-refractivity contribution is 0.758. The van der Waals surface area contributed by atoms with Gasteiger partial charge in [0.25, 0.3) is 0 Å². The van der Waals surface area contributed by atoms with Crippen molar-refractivity contribution >= 4 is 11.5 Å². The predicted octanol–water partition coefficient (Wildman–Crippen LogP) is 3.43. The molecule has 19 heavy (non-hydrogen) atoms. The van der Waals surface area contributed by atoms with Crippen molar-refractivity contribution in [1.29, 1.82) is 5.26 Å². The van der Waals surface area contributed by atoms with Crippen LogP contribution in [0.5, 0.6) is 0 Å². The first-order valence-corrected chi connectivity index (χ1v) is 6.60. The number of benzene rings is 1. The van der Waals surface area contributed by atoms with E-state index in [0.29, 0.717) is 5.56 Å². The van der Waals surface area contributed by atoms with E-state index in [9.17, 15) is 0 Å². The molecule has 1 aromatic heterocycles. The minimum absolute atomic E-state index is 0.604. The minimum Gasteiger partial charge on any atom is -0.326 e. The molecule has 0 amide bonds. The molecule has 1 aliphatic heterocycles. The molecule has 2 aromatic rings. The molecule has 0 aliphatic carbocycles. The number of aromatic nitrogens is 1. The quantitative estimate of drug-likeness (QED) is 0.777. The summed E-state index contributed by atoms with van der Waals surface area (Å²) >= 11 is 0. The van der Waals surface area contributed by atoms with Gasteiger partial charge in [0.2, 0.25) is 0 Å². The first-order chi connectivity index (χ1) is 9.38. The van der Waals surface area contributed by atoms with Crippen LogP contribution < -0.4 is 4.90 Å². The van der Waals surface area contributed by atoms with Gasteiger partial charge in [-0.3, -0.25) is 0 Å². The maximum Gasteiger partial charge on any atom is 0.133 e. The van der Waals surface area contributed by atoms with Gasteiger partial charge in [-0.2, -0.15) is 5.26 Å². The predicted molar refractivity (Wildman–Crippen MR) is 75.3 cm³/mol. The van der Waals surface area contributed by atoms with Gasteiger partial charge >= 0.3 is 0 Å². The van der Waals surface area contributed by atoms with Crippen molar-refractivity contribution in [3.05, 3.63) is 53.7 Å². The molecule has 1 aliphatic rings. The van der Waals surface area contributed by atoms with Crippen molar-refractivity contribution in [3.63, 3.8) is 0 Å². The van der Waals surface area contributed by atoms with E-state index in [1.165, 1.54) is 17.7 Å². The molecule has 0 bridgehead atoms. The Hall–Kier alpha value is -2.34. The molecular formula is C16H15N3. The van der Waals surface area contributed by atoms with Crippen molar-refractivity contribution < 1.29 is 0 Å². The van der Waals surface area contributed by atoms with Crippen LogP contribution in [0.15, 0.2) is 42.6 Å². The Morgan fingerprint density at radius 3 is 2.79 bits per heavy atom. The summed E-state index contributed by atoms with van der Waals surface area (Å²) in [7, 11) is 0. The molecule has 0 unspecified atom stereocenters. The molecule has 3 nitrogen and oxygen atoms in total. The molecule has 3 heteroatoms. The second-order valence-corrected chi connectivity index (χ2v) is 4.75. The first-order valence-electron chi connectivity index (χ1n) is 6.60. The zero-order valence-electron chi connectivity index (χ0n) is 10.7. The highest BCUT2D eigenvalue weighted by molar-refractivity contribution is 5.64. The number of fused-ring (bicyclic) bond motifs is 1. The standard InChI is InChI=1S/C16H15N3/c17-11-13-8-9-16(18-12-13)19-10-4-3-6-14-5-1-2-7-15(14)19/h1-2,5,7-9,12H,3-4,6,10H2. The minimum atomic E-state index is 0.604. The Labute approximate surface area is 113 Å². The molecule has 3 rings (SSSR count). The van der Waals surface area contributed by atoms with Gasteiger partial charge in [0.15, 0.2) is 0 Å². The monoisotopic (exact) mass is 249 g/mol. The number of pyridine rings is 1. The van der Waals surface area contributed by atoms with Gasteiger partial charge in [-0.1, -0.05) is 18.2 Å². The van der Waals surface area contributed by atoms with E-state index >= 15 is 0 Å². The largest absolute Gasteiger partial charge is 0.326 e. The number of nitriles is 1. The second kappa shape index (κ2) is 5.11. The van der Waals surface area contributed by atoms with Crippen molar-refractivity contribution in [2.45, 2.75) is 19.3 Å². The summed E-state index contributed by atoms with van der Waals surface area (Å²) < 4.78 is 0. The number of aryl methyl sites for hydroxylation is 1. The molecule has 0 fully saturated rings. The summed E-state index contributed by atoms with van der Waals surface area (Å²) in [5, 5.41) is 8.84. The van der Waals surface area contributed by atoms with Gasteiger partial charge in [0.05, 0.1) is 5.56 Å². The molecule has 0 spiro atoms. The third kappa shape index (κ3) is 2.30. The van der Waals surface area contributed by atoms with Crippen LogP contribution >= 0.6 is 0 Å². The van der Waals surface area contributed by atoms with E-state index in [-0.39, 0.29) is 0 Å². The van der Waals surface area contributed by atoms with Crippen molar-refractivity contribution in [2.24, 2.45) is 0 Å². The van der Waals surface area contributed by atoms with E-state index < -0.39 is 0 Å². The SMILES string of the molecule is N#Cc1ccc(N2CCCCc3ccccc32)nc1. The summed E-state index contributed by atoms with van der Waals surface area (Å²) in [5.41, 5.74) is 3.23. The summed E-state index contributed by atoms with van der Waals surface area (Å²) in [6.07, 6.45) is 5.14. The average Bonchev–Trinajstić information content (AvgIpc) is 2.70. The molecule has 0 saturated carbocycles. The van der Waals surface area contributed by atoms with Crippen LogP contribution in [0.3, 0.4) is 0 Å². The van der Waals surface area contributed by atoms with Crippen molar-refractivity contribution in [1.82, 2.24) is 4.98 Å². The summed E-state index contributed by atoms with van der Waals surface area (Å²) in [6, 6.07) is 14.4. The fourth-order valence-corrected chi connectivity index (χ4v) is 2.54. The highest BCUT2D eigenvalue weighted by Crippen LogP contribution is 2.31. The average molecular weight is 249 g/mol. The van der Waals surface area contributed by atoms with Crippen LogP contribution in [0.4, 0.5) is 11.5 Å². The Morgan fingerprint density at radius 1 is 1.11 bits per heavy atom. The highest BCUT2D eigenvalue weighted by atomic mass is 15.2. The number of para-hydroxylation sites is 1. The molecule has 1 aromatic carbocycles. The van der Waals surface area contributed by atoms with Gasteiger partial charge < -0.3 is 4.90 Å². The lowest BCUT2D eigenvalue weighted by Crippen LogP contribution is -2.19. The number of nitrogens with zero attached hydrogens (tertiary/aromatic N) is 3. The molecule has 0 saturated heterocycles. The molecule has 0 N–H and O–H groups in total. The van der Waals surface area contributed by atoms with Gasteiger partial charge in [0, 0.05) is 18.4 Å². The lowest BCUT2D eigenvalue weighted by atomic mass is 10.1. The van der Waals surface area contributed by atoms with Crippen LogP contribution in [0, 0.1) is 11.3 Å². The summed E-state index contributed by atoms with van der Waals surface area (Å²) in [5.74, 6) is 0.924. The van der Waals surface area contributed by atoms with Crippen molar-refractivity contribution in [2.75, 3.05) is 11.4 Å². The van der Waals surface area contributed by atoms with Crippen LogP contribution in [-0.4, -0.2) is 11.5 Å². The van der Waals surface area contributed by atoms with Gasteiger partial charge in [-0.25, -0.2) is 4.98 Å². The fourth-order valence-electron chi connectivity index (χ4n) is 2.54. The number of rotatable bonds is 1. The zero-order chi connectivity index (χ0) is 13.1. The van der Waals surface area contributed by atoms with Gasteiger partial charge in [0.1, 0.15) is 11.9 Å². The summed E-state index contributed by atoms with van der Waals surface area (Å²) in [4.78, 5) is 6.67. The Bertz CT molecular complexity index is 611. The van der Waals surface area contributed by atoms with Crippen LogP contribution in [0.1, 0.15) is 24.0 Å². The number of anilines is 2. The van der Waals surface area contributed by atoms with Gasteiger partial charge in [-0.15, -0.1) is 0 Å². The van der Waals surface area contributed by atoms with E-state index in [1.807, 2.05) is 12.1 Å². The maximum absolute atomic E-state index is 8.84. The molecular weight excluding hydrogens is 234 g/mol. The topological polar surface area (TPSA) is 39.9 Å². The third-order valence-electron chi connectivity index (χ3n) is 3.51. The second-order valence-electron chi connectivity index (χ2n) is 4.75. The van der Waals surface area contributed by atoms with E-state index in [2.05, 4.69) is 40.2 Å². The highest BCUT2D eigenvalue weighted by Gasteiger charge is 2.16. The first kappa shape index (κ1) is 11.7. The summed E-state index contributed by atoms with van der Waals surface area (Å²) in [6.45, 7) is 0.982. The molecule has 0 atom stereocenters. The van der Waals surface area contributed by atoms with E-state index in [0.717, 1.165) is 25.2 Å². The van der Waals surface area contributed by atoms with Crippen LogP contribution in [-0.2, 0) is 6.42 Å². The number of hydrogen-bond acceptors (Lipinski definition) is 3. The van der Waals surface area contributed by atoms with Crippen molar-refractivity contribution in [3.8, 4) is 6.07 Å². The smallest absolute Gasteiger partial charge is 0.133 e. The van der Waals surface area contributed by atoms with Crippen LogP contribution in [0.2, 0.25) is 0 Å². The Morgan fingerprint density at radius 2 is 2.00 bits per heavy atom. The molecule has 0 radical (unpaired) electrons. The normalized spacial score (nSPS) is 14.4. The lowest BCUT2D eigenvalue weighted by Gasteiger charge is -2.23. The Balaban J connectivity index is 2.01. The van der Waals surface area contributed by atoms with E-state index in [1.54, 1.807) is 6.20 Å². The molecule has 94 valence electrons. The van der Waals surface area contributed by atoms with Gasteiger partial charge in [-0.05, 0) is 43.0 Å². The maximum atomic E-state index is 8.84. The zero-order valence-corrected chi connectivity index (χ0v) is 10.7. The Kier molecular flexibility index (Phi) is 3.16.